The third-order valence-electron chi connectivity index (χ3n) is 3.02. The van der Waals surface area contributed by atoms with Gasteiger partial charge in [-0.05, 0) is 24.6 Å². The Morgan fingerprint density at radius 3 is 2.60 bits per heavy atom. The number of nitriles is 1. The van der Waals surface area contributed by atoms with Gasteiger partial charge in [0.2, 0.25) is 0 Å². The number of nitrogens with zero attached hydrogens (tertiary/aromatic N) is 3. The highest BCUT2D eigenvalue weighted by atomic mass is 16.5. The summed E-state index contributed by atoms with van der Waals surface area (Å²) in [5, 5.41) is 13.3. The highest BCUT2D eigenvalue weighted by Gasteiger charge is 2.06. The van der Waals surface area contributed by atoms with E-state index in [1.165, 1.54) is 0 Å². The molecule has 0 spiro atoms. The van der Waals surface area contributed by atoms with Crippen molar-refractivity contribution < 1.29 is 9.47 Å². The van der Waals surface area contributed by atoms with Gasteiger partial charge < -0.3 is 9.47 Å². The third-order valence-corrected chi connectivity index (χ3v) is 3.02. The van der Waals surface area contributed by atoms with Crippen molar-refractivity contribution in [3.63, 3.8) is 0 Å². The Labute approximate surface area is 118 Å². The van der Waals surface area contributed by atoms with Gasteiger partial charge in [-0.15, -0.1) is 0 Å². The molecule has 0 saturated carbocycles. The number of methoxy groups -OCH3 is 1. The van der Waals surface area contributed by atoms with Gasteiger partial charge in [0, 0.05) is 13.1 Å². The van der Waals surface area contributed by atoms with Gasteiger partial charge >= 0.3 is 0 Å². The number of aryl methyl sites for hydroxylation is 2. The first-order chi connectivity index (χ1) is 9.66. The van der Waals surface area contributed by atoms with Crippen molar-refractivity contribution in [2.24, 2.45) is 7.05 Å². The Kier molecular flexibility index (Phi) is 4.26. The summed E-state index contributed by atoms with van der Waals surface area (Å²) in [5.41, 5.74) is 2.54. The molecule has 0 amide bonds. The minimum Gasteiger partial charge on any atom is -0.497 e. The van der Waals surface area contributed by atoms with Gasteiger partial charge in [-0.25, -0.2) is 0 Å². The van der Waals surface area contributed by atoms with Crippen LogP contribution in [0.2, 0.25) is 0 Å². The third kappa shape index (κ3) is 3.09. The Balaban J connectivity index is 2.14. The van der Waals surface area contributed by atoms with Crippen molar-refractivity contribution in [3.05, 3.63) is 41.2 Å². The highest BCUT2D eigenvalue weighted by Crippen LogP contribution is 2.23. The average molecular weight is 271 g/mol. The summed E-state index contributed by atoms with van der Waals surface area (Å²) in [7, 11) is 3.46. The fourth-order valence-corrected chi connectivity index (χ4v) is 1.87. The number of ether oxygens (including phenoxy) is 2. The molecule has 104 valence electrons. The Morgan fingerprint density at radius 1 is 1.25 bits per heavy atom. The number of hydrogen-bond donors (Lipinski definition) is 0. The van der Waals surface area contributed by atoms with Crippen molar-refractivity contribution in [1.29, 1.82) is 5.26 Å². The lowest BCUT2D eigenvalue weighted by Crippen LogP contribution is -2.03. The smallest absolute Gasteiger partial charge is 0.130 e. The normalized spacial score (nSPS) is 10.1. The molecule has 0 aliphatic carbocycles. The van der Waals surface area contributed by atoms with Crippen molar-refractivity contribution >= 4 is 0 Å². The molecule has 0 fully saturated rings. The second kappa shape index (κ2) is 6.11. The van der Waals surface area contributed by atoms with Crippen molar-refractivity contribution in [1.82, 2.24) is 9.78 Å². The van der Waals surface area contributed by atoms with Crippen LogP contribution in [0.15, 0.2) is 24.3 Å². The lowest BCUT2D eigenvalue weighted by atomic mass is 10.2. The van der Waals surface area contributed by atoms with E-state index in [4.69, 9.17) is 14.7 Å². The van der Waals surface area contributed by atoms with Crippen LogP contribution in [0.4, 0.5) is 0 Å². The maximum atomic E-state index is 8.97. The average Bonchev–Trinajstić information content (AvgIpc) is 2.85. The van der Waals surface area contributed by atoms with Crippen LogP contribution in [0.1, 0.15) is 23.9 Å². The van der Waals surface area contributed by atoms with Crippen LogP contribution < -0.4 is 9.47 Å². The molecule has 1 aromatic carbocycles. The fourth-order valence-electron chi connectivity index (χ4n) is 1.87. The topological polar surface area (TPSA) is 60.1 Å². The molecule has 0 atom stereocenters. The van der Waals surface area contributed by atoms with E-state index in [0.29, 0.717) is 23.7 Å². The van der Waals surface area contributed by atoms with Crippen LogP contribution in [0, 0.1) is 11.3 Å². The lowest BCUT2D eigenvalue weighted by Gasteiger charge is -2.08. The summed E-state index contributed by atoms with van der Waals surface area (Å²) in [6, 6.07) is 9.24. The second-order valence-electron chi connectivity index (χ2n) is 4.40. The second-order valence-corrected chi connectivity index (χ2v) is 4.40. The Hall–Kier alpha value is -2.48. The maximum Gasteiger partial charge on any atom is 0.130 e. The molecule has 5 nitrogen and oxygen atoms in total. The molecule has 2 aromatic rings. The number of benzene rings is 1. The molecular weight excluding hydrogens is 254 g/mol. The molecule has 2 rings (SSSR count). The van der Waals surface area contributed by atoms with E-state index in [0.717, 1.165) is 17.8 Å². The molecule has 0 saturated heterocycles. The quantitative estimate of drug-likeness (QED) is 0.838. The van der Waals surface area contributed by atoms with Crippen LogP contribution in [0.3, 0.4) is 0 Å². The van der Waals surface area contributed by atoms with Crippen LogP contribution in [-0.4, -0.2) is 16.9 Å². The molecular formula is C15H17N3O2. The zero-order valence-electron chi connectivity index (χ0n) is 11.9. The van der Waals surface area contributed by atoms with Gasteiger partial charge in [-0.1, -0.05) is 6.92 Å². The van der Waals surface area contributed by atoms with Gasteiger partial charge in [-0.3, -0.25) is 4.68 Å². The molecule has 0 aliphatic heterocycles. The zero-order valence-corrected chi connectivity index (χ0v) is 11.9. The molecule has 0 unspecified atom stereocenters. The SMILES string of the molecule is CCc1cc(COc2cc(C#N)cc(OC)c2)n(C)n1. The van der Waals surface area contributed by atoms with Crippen LogP contribution in [0.25, 0.3) is 0 Å². The van der Waals surface area contributed by atoms with E-state index < -0.39 is 0 Å². The van der Waals surface area contributed by atoms with Crippen molar-refractivity contribution in [2.45, 2.75) is 20.0 Å². The molecule has 20 heavy (non-hydrogen) atoms. The zero-order chi connectivity index (χ0) is 14.5. The van der Waals surface area contributed by atoms with Crippen LogP contribution in [-0.2, 0) is 20.1 Å². The monoisotopic (exact) mass is 271 g/mol. The lowest BCUT2D eigenvalue weighted by molar-refractivity contribution is 0.292. The first-order valence-corrected chi connectivity index (χ1v) is 6.40. The minimum atomic E-state index is 0.404. The summed E-state index contributed by atoms with van der Waals surface area (Å²) < 4.78 is 12.7. The first-order valence-electron chi connectivity index (χ1n) is 6.40. The minimum absolute atomic E-state index is 0.404. The van der Waals surface area contributed by atoms with E-state index >= 15 is 0 Å². The molecule has 1 aromatic heterocycles. The van der Waals surface area contributed by atoms with Gasteiger partial charge in [0.1, 0.15) is 18.1 Å². The Bertz CT molecular complexity index is 641. The molecule has 0 bridgehead atoms. The van der Waals surface area contributed by atoms with Gasteiger partial charge in [0.25, 0.3) is 0 Å². The molecule has 0 radical (unpaired) electrons. The predicted molar refractivity (Wildman–Crippen MR) is 74.6 cm³/mol. The van der Waals surface area contributed by atoms with Crippen LogP contribution >= 0.6 is 0 Å². The van der Waals surface area contributed by atoms with Gasteiger partial charge in [0.15, 0.2) is 0 Å². The van der Waals surface area contributed by atoms with Crippen molar-refractivity contribution in [3.8, 4) is 17.6 Å². The number of hydrogen-bond acceptors (Lipinski definition) is 4. The predicted octanol–water partition coefficient (Wildman–Crippen LogP) is 2.44. The summed E-state index contributed by atoms with van der Waals surface area (Å²) >= 11 is 0. The maximum absolute atomic E-state index is 8.97. The molecule has 5 heteroatoms. The molecule has 0 N–H and O–H groups in total. The number of aromatic nitrogens is 2. The molecule has 0 aliphatic rings. The van der Waals surface area contributed by atoms with E-state index in [1.807, 2.05) is 17.8 Å². The Morgan fingerprint density at radius 2 is 2.00 bits per heavy atom. The summed E-state index contributed by atoms with van der Waals surface area (Å²) in [5.74, 6) is 1.22. The van der Waals surface area contributed by atoms with E-state index in [-0.39, 0.29) is 0 Å². The fraction of sp³-hybridized carbons (Fsp3) is 0.333. The standard InChI is InChI=1S/C15H17N3O2/c1-4-12-7-13(18(2)17-12)10-20-15-6-11(9-16)5-14(8-15)19-3/h5-8H,4,10H2,1-3H3. The summed E-state index contributed by atoms with van der Waals surface area (Å²) in [6.07, 6.45) is 0.894. The first kappa shape index (κ1) is 13.9. The summed E-state index contributed by atoms with van der Waals surface area (Å²) in [6.45, 7) is 2.47. The van der Waals surface area contributed by atoms with E-state index in [2.05, 4.69) is 18.1 Å². The molecule has 1 heterocycles. The van der Waals surface area contributed by atoms with Gasteiger partial charge in [-0.2, -0.15) is 10.4 Å². The largest absolute Gasteiger partial charge is 0.497 e. The van der Waals surface area contributed by atoms with Gasteiger partial charge in [0.05, 0.1) is 30.1 Å². The van der Waals surface area contributed by atoms with E-state index in [1.54, 1.807) is 25.3 Å². The van der Waals surface area contributed by atoms with Crippen molar-refractivity contribution in [2.75, 3.05) is 7.11 Å². The van der Waals surface area contributed by atoms with Crippen LogP contribution in [0.5, 0.6) is 11.5 Å². The summed E-state index contributed by atoms with van der Waals surface area (Å²) in [4.78, 5) is 0. The highest BCUT2D eigenvalue weighted by molar-refractivity contribution is 5.43. The van der Waals surface area contributed by atoms with E-state index in [9.17, 15) is 0 Å². The number of rotatable bonds is 5.